The van der Waals surface area contributed by atoms with Gasteiger partial charge in [0.2, 0.25) is 5.90 Å². The van der Waals surface area contributed by atoms with Crippen LogP contribution in [0.1, 0.15) is 13.3 Å². The molecular formula is C5H6N2O. The van der Waals surface area contributed by atoms with Crippen molar-refractivity contribution in [1.29, 1.82) is 0 Å². The van der Waals surface area contributed by atoms with Crippen molar-refractivity contribution in [1.82, 2.24) is 0 Å². The van der Waals surface area contributed by atoms with Gasteiger partial charge in [0.25, 0.3) is 0 Å². The van der Waals surface area contributed by atoms with Crippen molar-refractivity contribution in [3.05, 3.63) is 0 Å². The number of hydrogen-bond donors (Lipinski definition) is 0. The van der Waals surface area contributed by atoms with E-state index >= 15 is 0 Å². The van der Waals surface area contributed by atoms with E-state index in [2.05, 4.69) is 10.2 Å². The Hall–Kier alpha value is -0.860. The zero-order chi connectivity index (χ0) is 5.56. The summed E-state index contributed by atoms with van der Waals surface area (Å²) >= 11 is 0. The van der Waals surface area contributed by atoms with Crippen LogP contribution >= 0.6 is 0 Å². The van der Waals surface area contributed by atoms with Crippen molar-refractivity contribution in [2.24, 2.45) is 10.2 Å². The van der Waals surface area contributed by atoms with Gasteiger partial charge in [0, 0.05) is 13.3 Å². The van der Waals surface area contributed by atoms with Gasteiger partial charge in [0.1, 0.15) is 6.10 Å². The molecule has 1 atom stereocenters. The summed E-state index contributed by atoms with van der Waals surface area (Å²) in [7, 11) is 0. The highest BCUT2D eigenvalue weighted by Gasteiger charge is 2.37. The molecule has 0 N–H and O–H groups in total. The van der Waals surface area contributed by atoms with Gasteiger partial charge in [0.15, 0.2) is 0 Å². The largest absolute Gasteiger partial charge is 0.470 e. The van der Waals surface area contributed by atoms with E-state index in [1.807, 2.05) is 6.92 Å². The quantitative estimate of drug-likeness (QED) is 0.448. The van der Waals surface area contributed by atoms with Crippen LogP contribution < -0.4 is 0 Å². The Kier molecular flexibility index (Phi) is 0.559. The Bertz CT molecular complexity index is 177. The smallest absolute Gasteiger partial charge is 0.205 e. The van der Waals surface area contributed by atoms with Crippen LogP contribution in [0.2, 0.25) is 0 Å². The molecule has 8 heavy (non-hydrogen) atoms. The third-order valence-corrected chi connectivity index (χ3v) is 1.24. The minimum Gasteiger partial charge on any atom is -0.470 e. The van der Waals surface area contributed by atoms with Crippen molar-refractivity contribution in [2.45, 2.75) is 19.4 Å². The first-order valence-corrected chi connectivity index (χ1v) is 2.64. The summed E-state index contributed by atoms with van der Waals surface area (Å²) in [5.74, 6) is 0.691. The lowest BCUT2D eigenvalue weighted by molar-refractivity contribution is 0.301. The molecule has 42 valence electrons. The van der Waals surface area contributed by atoms with Gasteiger partial charge in [0.05, 0.1) is 5.71 Å². The van der Waals surface area contributed by atoms with Crippen molar-refractivity contribution >= 4 is 11.6 Å². The van der Waals surface area contributed by atoms with E-state index in [1.54, 1.807) is 0 Å². The molecule has 0 bridgehead atoms. The Morgan fingerprint density at radius 3 is 3.12 bits per heavy atom. The van der Waals surface area contributed by atoms with E-state index in [4.69, 9.17) is 4.74 Å². The molecule has 0 amide bonds. The summed E-state index contributed by atoms with van der Waals surface area (Å²) in [5, 5.41) is 7.60. The second kappa shape index (κ2) is 1.10. The van der Waals surface area contributed by atoms with Gasteiger partial charge >= 0.3 is 0 Å². The zero-order valence-corrected chi connectivity index (χ0v) is 4.59. The number of ether oxygens (including phenoxy) is 1. The molecule has 0 radical (unpaired) electrons. The molecule has 1 aliphatic carbocycles. The third-order valence-electron chi connectivity index (χ3n) is 1.24. The Balaban J connectivity index is 2.27. The summed E-state index contributed by atoms with van der Waals surface area (Å²) in [6, 6.07) is 0. The fraction of sp³-hybridized carbons (Fsp3) is 0.600. The van der Waals surface area contributed by atoms with Crippen LogP contribution in [0.3, 0.4) is 0 Å². The van der Waals surface area contributed by atoms with Gasteiger partial charge in [-0.2, -0.15) is 5.10 Å². The van der Waals surface area contributed by atoms with Crippen molar-refractivity contribution in [3.63, 3.8) is 0 Å². The molecule has 2 rings (SSSR count). The van der Waals surface area contributed by atoms with E-state index in [-0.39, 0.29) is 0 Å². The van der Waals surface area contributed by atoms with Gasteiger partial charge in [-0.3, -0.25) is 0 Å². The highest BCUT2D eigenvalue weighted by atomic mass is 16.5. The number of fused-ring (bicyclic) bond motifs is 1. The lowest BCUT2D eigenvalue weighted by atomic mass is 10.7. The van der Waals surface area contributed by atoms with Crippen LogP contribution in [0.5, 0.6) is 0 Å². The first kappa shape index (κ1) is 4.06. The van der Waals surface area contributed by atoms with Gasteiger partial charge in [-0.05, 0) is 0 Å². The van der Waals surface area contributed by atoms with E-state index < -0.39 is 0 Å². The predicted molar refractivity (Wildman–Crippen MR) is 30.0 cm³/mol. The maximum absolute atomic E-state index is 5.18. The van der Waals surface area contributed by atoms with E-state index in [9.17, 15) is 0 Å². The minimum atomic E-state index is 0.299. The number of hydrogen-bond acceptors (Lipinski definition) is 3. The van der Waals surface area contributed by atoms with Crippen LogP contribution in [-0.4, -0.2) is 17.7 Å². The minimum absolute atomic E-state index is 0.299. The average molecular weight is 110 g/mol. The topological polar surface area (TPSA) is 34.0 Å². The summed E-state index contributed by atoms with van der Waals surface area (Å²) < 4.78 is 5.18. The van der Waals surface area contributed by atoms with Crippen LogP contribution in [-0.2, 0) is 4.74 Å². The predicted octanol–water partition coefficient (Wildman–Crippen LogP) is 0.563. The Labute approximate surface area is 47.1 Å². The first-order valence-electron chi connectivity index (χ1n) is 2.64. The molecule has 2 aliphatic rings. The summed E-state index contributed by atoms with van der Waals surface area (Å²) in [5.41, 5.74) is 1.09. The third kappa shape index (κ3) is 0.441. The molecule has 1 aliphatic heterocycles. The Morgan fingerprint density at radius 2 is 2.50 bits per heavy atom. The lowest BCUT2D eigenvalue weighted by Gasteiger charge is -2.01. The van der Waals surface area contributed by atoms with E-state index in [1.165, 1.54) is 0 Å². The second-order valence-corrected chi connectivity index (χ2v) is 2.02. The van der Waals surface area contributed by atoms with Gasteiger partial charge < -0.3 is 4.74 Å². The molecule has 0 aromatic rings. The van der Waals surface area contributed by atoms with E-state index in [0.29, 0.717) is 12.0 Å². The first-order chi connectivity index (χ1) is 3.86. The normalized spacial score (nSPS) is 31.9. The van der Waals surface area contributed by atoms with Crippen molar-refractivity contribution in [3.8, 4) is 0 Å². The summed E-state index contributed by atoms with van der Waals surface area (Å²) in [6.45, 7) is 1.82. The van der Waals surface area contributed by atoms with Crippen LogP contribution in [0.25, 0.3) is 0 Å². The lowest BCUT2D eigenvalue weighted by Crippen LogP contribution is -2.06. The zero-order valence-electron chi connectivity index (χ0n) is 4.59. The molecular weight excluding hydrogens is 104 g/mol. The monoisotopic (exact) mass is 110 g/mol. The maximum atomic E-state index is 5.18. The molecule has 0 saturated heterocycles. The summed E-state index contributed by atoms with van der Waals surface area (Å²) in [4.78, 5) is 0. The molecule has 0 aromatic carbocycles. The van der Waals surface area contributed by atoms with Crippen molar-refractivity contribution in [2.75, 3.05) is 0 Å². The van der Waals surface area contributed by atoms with Gasteiger partial charge in [-0.15, -0.1) is 5.10 Å². The Morgan fingerprint density at radius 1 is 1.62 bits per heavy atom. The van der Waals surface area contributed by atoms with Gasteiger partial charge in [-0.25, -0.2) is 0 Å². The molecule has 0 aromatic heterocycles. The maximum Gasteiger partial charge on any atom is 0.205 e. The molecule has 3 nitrogen and oxygen atoms in total. The molecule has 1 saturated carbocycles. The molecule has 1 fully saturated rings. The SMILES string of the molecule is CC1=NN=C2CC2O1. The van der Waals surface area contributed by atoms with Crippen LogP contribution in [0, 0.1) is 0 Å². The molecule has 1 unspecified atom stereocenters. The summed E-state index contributed by atoms with van der Waals surface area (Å²) in [6.07, 6.45) is 1.29. The highest BCUT2D eigenvalue weighted by molar-refractivity contribution is 6.06. The fourth-order valence-corrected chi connectivity index (χ4v) is 0.710. The standard InChI is InChI=1S/C5H6N2O/c1-3-6-7-4-2-5(4)8-3/h5H,2H2,1H3. The van der Waals surface area contributed by atoms with Crippen LogP contribution in [0.4, 0.5) is 0 Å². The number of nitrogens with zero attached hydrogens (tertiary/aromatic N) is 2. The van der Waals surface area contributed by atoms with Gasteiger partial charge in [-0.1, -0.05) is 0 Å². The molecule has 3 heteroatoms. The fourth-order valence-electron chi connectivity index (χ4n) is 0.710. The van der Waals surface area contributed by atoms with Crippen molar-refractivity contribution < 1.29 is 4.74 Å². The average Bonchev–Trinajstić information content (AvgIpc) is 2.43. The highest BCUT2D eigenvalue weighted by Crippen LogP contribution is 2.24. The van der Waals surface area contributed by atoms with E-state index in [0.717, 1.165) is 12.1 Å². The van der Waals surface area contributed by atoms with Crippen LogP contribution in [0.15, 0.2) is 10.2 Å². The molecule has 0 spiro atoms. The number of rotatable bonds is 0. The second-order valence-electron chi connectivity index (χ2n) is 2.02. The molecule has 1 heterocycles.